The van der Waals surface area contributed by atoms with Crippen LogP contribution in [-0.4, -0.2) is 27.6 Å². The number of nitrogens with zero attached hydrogens (tertiary/aromatic N) is 2. The molecule has 0 bridgehead atoms. The Bertz CT molecular complexity index is 687. The van der Waals surface area contributed by atoms with Gasteiger partial charge in [-0.05, 0) is 43.1 Å². The molecular weight excluding hydrogens is 274 g/mol. The number of carbonyl (C=O) groups excluding carboxylic acids is 1. The number of esters is 1. The molecule has 0 aliphatic heterocycles. The molecule has 0 fully saturated rings. The molecule has 1 atom stereocenters. The molecular formula is C14H19N3O2S. The zero-order chi connectivity index (χ0) is 14.9. The largest absolute Gasteiger partial charge is 0.467 e. The number of ether oxygens (including phenoxy) is 1. The predicted molar refractivity (Wildman–Crippen MR) is 80.2 cm³/mol. The van der Waals surface area contributed by atoms with Crippen molar-refractivity contribution in [1.29, 1.82) is 0 Å². The van der Waals surface area contributed by atoms with Crippen molar-refractivity contribution in [2.24, 2.45) is 5.92 Å². The molecule has 0 aliphatic carbocycles. The Hall–Kier alpha value is -1.69. The summed E-state index contributed by atoms with van der Waals surface area (Å²) in [5.41, 5.74) is 2.62. The summed E-state index contributed by atoms with van der Waals surface area (Å²) in [6.07, 6.45) is 2.38. The third-order valence-corrected chi connectivity index (χ3v) is 3.60. The highest BCUT2D eigenvalue weighted by Crippen LogP contribution is 2.25. The minimum Gasteiger partial charge on any atom is -0.467 e. The van der Waals surface area contributed by atoms with Crippen LogP contribution in [0.15, 0.2) is 12.3 Å². The standard InChI is InChI=1S/C14H19N3O2S/c1-8(2)7-10(13(18)19-4)17-12-11(16-14(17)20)9(3)5-6-15-12/h5-6,8,10H,7H2,1-4H3,(H,16,20). The van der Waals surface area contributed by atoms with E-state index >= 15 is 0 Å². The van der Waals surface area contributed by atoms with E-state index in [0.717, 1.165) is 11.1 Å². The first kappa shape index (κ1) is 14.7. The van der Waals surface area contributed by atoms with Crippen molar-refractivity contribution >= 4 is 29.4 Å². The highest BCUT2D eigenvalue weighted by molar-refractivity contribution is 7.71. The number of carbonyl (C=O) groups is 1. The van der Waals surface area contributed by atoms with E-state index in [0.29, 0.717) is 22.8 Å². The van der Waals surface area contributed by atoms with Gasteiger partial charge in [-0.1, -0.05) is 13.8 Å². The minimum atomic E-state index is -0.449. The highest BCUT2D eigenvalue weighted by atomic mass is 32.1. The Labute approximate surface area is 123 Å². The number of hydrogen-bond acceptors (Lipinski definition) is 4. The number of aromatic nitrogens is 3. The summed E-state index contributed by atoms with van der Waals surface area (Å²) in [4.78, 5) is 19.6. The molecule has 0 spiro atoms. The van der Waals surface area contributed by atoms with Gasteiger partial charge in [-0.25, -0.2) is 9.78 Å². The first-order chi connectivity index (χ1) is 9.45. The van der Waals surface area contributed by atoms with Crippen LogP contribution in [0, 0.1) is 17.6 Å². The number of rotatable bonds is 4. The smallest absolute Gasteiger partial charge is 0.329 e. The number of H-pyrrole nitrogens is 1. The Morgan fingerprint density at radius 2 is 2.25 bits per heavy atom. The molecule has 0 amide bonds. The zero-order valence-electron chi connectivity index (χ0n) is 12.1. The summed E-state index contributed by atoms with van der Waals surface area (Å²) in [6.45, 7) is 6.11. The zero-order valence-corrected chi connectivity index (χ0v) is 13.0. The molecule has 2 heterocycles. The van der Waals surface area contributed by atoms with Crippen molar-refractivity contribution in [3.63, 3.8) is 0 Å². The van der Waals surface area contributed by atoms with Gasteiger partial charge >= 0.3 is 5.97 Å². The molecule has 0 saturated heterocycles. The van der Waals surface area contributed by atoms with E-state index < -0.39 is 6.04 Å². The SMILES string of the molecule is COC(=O)C(CC(C)C)n1c(=S)[nH]c2c(C)ccnc21. The Kier molecular flexibility index (Phi) is 4.23. The van der Waals surface area contributed by atoms with Crippen molar-refractivity contribution in [3.8, 4) is 0 Å². The lowest BCUT2D eigenvalue weighted by atomic mass is 10.0. The molecule has 6 heteroatoms. The Morgan fingerprint density at radius 3 is 2.85 bits per heavy atom. The topological polar surface area (TPSA) is 59.9 Å². The van der Waals surface area contributed by atoms with Gasteiger partial charge in [-0.3, -0.25) is 4.57 Å². The second-order valence-electron chi connectivity index (χ2n) is 5.30. The molecule has 5 nitrogen and oxygen atoms in total. The van der Waals surface area contributed by atoms with Crippen LogP contribution < -0.4 is 0 Å². The van der Waals surface area contributed by atoms with Gasteiger partial charge in [0, 0.05) is 6.20 Å². The maximum atomic E-state index is 12.1. The van der Waals surface area contributed by atoms with Crippen LogP contribution in [0.25, 0.3) is 11.2 Å². The molecule has 0 saturated carbocycles. The fourth-order valence-electron chi connectivity index (χ4n) is 2.32. The Balaban J connectivity index is 2.64. The average molecular weight is 293 g/mol. The summed E-state index contributed by atoms with van der Waals surface area (Å²) >= 11 is 5.37. The monoisotopic (exact) mass is 293 g/mol. The van der Waals surface area contributed by atoms with E-state index in [2.05, 4.69) is 23.8 Å². The minimum absolute atomic E-state index is 0.293. The van der Waals surface area contributed by atoms with E-state index in [1.165, 1.54) is 7.11 Å². The second-order valence-corrected chi connectivity index (χ2v) is 5.68. The number of methoxy groups -OCH3 is 1. The number of aryl methyl sites for hydroxylation is 1. The van der Waals surface area contributed by atoms with Crippen LogP contribution in [-0.2, 0) is 9.53 Å². The lowest BCUT2D eigenvalue weighted by molar-refractivity contribution is -0.145. The third kappa shape index (κ3) is 2.60. The summed E-state index contributed by atoms with van der Waals surface area (Å²) < 4.78 is 7.19. The van der Waals surface area contributed by atoms with E-state index in [-0.39, 0.29) is 5.97 Å². The lowest BCUT2D eigenvalue weighted by Crippen LogP contribution is -2.23. The van der Waals surface area contributed by atoms with E-state index in [1.54, 1.807) is 10.8 Å². The van der Waals surface area contributed by atoms with Gasteiger partial charge in [0.05, 0.1) is 12.6 Å². The average Bonchev–Trinajstić information content (AvgIpc) is 2.73. The summed E-state index contributed by atoms with van der Waals surface area (Å²) in [6, 6.07) is 1.46. The van der Waals surface area contributed by atoms with Gasteiger partial charge in [0.15, 0.2) is 10.4 Å². The maximum Gasteiger partial charge on any atom is 0.329 e. The van der Waals surface area contributed by atoms with Crippen molar-refractivity contribution in [3.05, 3.63) is 22.6 Å². The fraction of sp³-hybridized carbons (Fsp3) is 0.500. The normalized spacial score (nSPS) is 12.8. The number of hydrogen-bond donors (Lipinski definition) is 1. The molecule has 1 unspecified atom stereocenters. The Morgan fingerprint density at radius 1 is 1.55 bits per heavy atom. The number of fused-ring (bicyclic) bond motifs is 1. The quantitative estimate of drug-likeness (QED) is 0.695. The molecule has 20 heavy (non-hydrogen) atoms. The van der Waals surface area contributed by atoms with Gasteiger partial charge in [0.1, 0.15) is 6.04 Å². The van der Waals surface area contributed by atoms with Crippen LogP contribution in [0.1, 0.15) is 31.9 Å². The van der Waals surface area contributed by atoms with Gasteiger partial charge in [0.2, 0.25) is 0 Å². The van der Waals surface area contributed by atoms with Gasteiger partial charge in [0.25, 0.3) is 0 Å². The molecule has 2 rings (SSSR count). The molecule has 2 aromatic heterocycles. The summed E-state index contributed by atoms with van der Waals surface area (Å²) in [7, 11) is 1.40. The molecule has 1 N–H and O–H groups in total. The van der Waals surface area contributed by atoms with Gasteiger partial charge in [-0.2, -0.15) is 0 Å². The number of nitrogens with one attached hydrogen (secondary N) is 1. The van der Waals surface area contributed by atoms with Crippen LogP contribution in [0.2, 0.25) is 0 Å². The third-order valence-electron chi connectivity index (χ3n) is 3.30. The molecule has 0 aliphatic rings. The second kappa shape index (κ2) is 5.75. The summed E-state index contributed by atoms with van der Waals surface area (Å²) in [5.74, 6) is 0.0507. The van der Waals surface area contributed by atoms with E-state index in [1.807, 2.05) is 13.0 Å². The van der Waals surface area contributed by atoms with Gasteiger partial charge in [-0.15, -0.1) is 0 Å². The molecule has 108 valence electrons. The van der Waals surface area contributed by atoms with E-state index in [9.17, 15) is 4.79 Å². The first-order valence-electron chi connectivity index (χ1n) is 6.59. The van der Waals surface area contributed by atoms with Crippen LogP contribution in [0.5, 0.6) is 0 Å². The van der Waals surface area contributed by atoms with Crippen LogP contribution >= 0.6 is 12.2 Å². The van der Waals surface area contributed by atoms with E-state index in [4.69, 9.17) is 17.0 Å². The highest BCUT2D eigenvalue weighted by Gasteiger charge is 2.25. The van der Waals surface area contributed by atoms with Crippen LogP contribution in [0.4, 0.5) is 0 Å². The van der Waals surface area contributed by atoms with Crippen molar-refractivity contribution in [1.82, 2.24) is 14.5 Å². The fourth-order valence-corrected chi connectivity index (χ4v) is 2.64. The number of aromatic amines is 1. The number of pyridine rings is 1. The molecule has 0 aromatic carbocycles. The molecule has 0 radical (unpaired) electrons. The maximum absolute atomic E-state index is 12.1. The first-order valence-corrected chi connectivity index (χ1v) is 7.00. The van der Waals surface area contributed by atoms with Crippen molar-refractivity contribution in [2.45, 2.75) is 33.2 Å². The summed E-state index contributed by atoms with van der Waals surface area (Å²) in [5, 5.41) is 0. The molecule has 2 aromatic rings. The van der Waals surface area contributed by atoms with Crippen molar-refractivity contribution in [2.75, 3.05) is 7.11 Å². The van der Waals surface area contributed by atoms with Crippen LogP contribution in [0.3, 0.4) is 0 Å². The lowest BCUT2D eigenvalue weighted by Gasteiger charge is -2.18. The number of imidazole rings is 1. The predicted octanol–water partition coefficient (Wildman–Crippen LogP) is 3.16. The van der Waals surface area contributed by atoms with Gasteiger partial charge < -0.3 is 9.72 Å². The van der Waals surface area contributed by atoms with Crippen molar-refractivity contribution < 1.29 is 9.53 Å².